The van der Waals surface area contributed by atoms with E-state index in [-0.39, 0.29) is 11.7 Å². The Morgan fingerprint density at radius 1 is 1.14 bits per heavy atom. The summed E-state index contributed by atoms with van der Waals surface area (Å²) in [7, 11) is 0. The molecule has 2 N–H and O–H groups in total. The van der Waals surface area contributed by atoms with Crippen molar-refractivity contribution in [1.82, 2.24) is 5.32 Å². The van der Waals surface area contributed by atoms with Crippen LogP contribution < -0.4 is 5.32 Å². The van der Waals surface area contributed by atoms with Gasteiger partial charge in [-0.25, -0.2) is 4.99 Å². The average molecular weight is 422 g/mol. The van der Waals surface area contributed by atoms with Crippen molar-refractivity contribution in [3.63, 3.8) is 0 Å². The zero-order valence-electron chi connectivity index (χ0n) is 11.3. The predicted molar refractivity (Wildman–Crippen MR) is 98.1 cm³/mol. The number of amidine groups is 1. The first kappa shape index (κ1) is 15.1. The molecular weight excluding hydrogens is 411 g/mol. The zero-order valence-corrected chi connectivity index (χ0v) is 14.3. The minimum atomic E-state index is -0.210. The third-order valence-electron chi connectivity index (χ3n) is 2.95. The van der Waals surface area contributed by atoms with E-state index in [0.717, 1.165) is 9.26 Å². The number of benzene rings is 2. The predicted octanol–water partition coefficient (Wildman–Crippen LogP) is 3.89. The van der Waals surface area contributed by atoms with Crippen LogP contribution in [0.3, 0.4) is 0 Å². The molecule has 22 heavy (non-hydrogen) atoms. The maximum atomic E-state index is 12.0. The summed E-state index contributed by atoms with van der Waals surface area (Å²) in [5, 5.41) is 13.1. The largest absolute Gasteiger partial charge is 0.507 e. The minimum Gasteiger partial charge on any atom is -0.507 e. The molecule has 1 amide bonds. The Kier molecular flexibility index (Phi) is 4.49. The minimum absolute atomic E-state index is 0.145. The van der Waals surface area contributed by atoms with Crippen LogP contribution in [0.1, 0.15) is 5.56 Å². The maximum Gasteiger partial charge on any atom is 0.264 e. The lowest BCUT2D eigenvalue weighted by molar-refractivity contribution is -0.115. The number of phenols is 1. The van der Waals surface area contributed by atoms with Gasteiger partial charge in [0.05, 0.1) is 10.6 Å². The first-order valence-corrected chi connectivity index (χ1v) is 8.35. The summed E-state index contributed by atoms with van der Waals surface area (Å²) in [5.74, 6) is -0.0654. The van der Waals surface area contributed by atoms with Crippen LogP contribution in [0.15, 0.2) is 58.4 Å². The molecule has 0 bridgehead atoms. The quantitative estimate of drug-likeness (QED) is 0.571. The number of halogens is 1. The molecule has 1 saturated heterocycles. The number of amides is 1. The molecule has 2 aromatic rings. The van der Waals surface area contributed by atoms with Crippen LogP contribution in [0.2, 0.25) is 0 Å². The zero-order chi connectivity index (χ0) is 15.5. The first-order chi connectivity index (χ1) is 10.6. The number of carbonyl (C=O) groups is 1. The highest BCUT2D eigenvalue weighted by molar-refractivity contribution is 14.1. The van der Waals surface area contributed by atoms with Crippen molar-refractivity contribution < 1.29 is 9.90 Å². The summed E-state index contributed by atoms with van der Waals surface area (Å²) in [6.45, 7) is 0. The summed E-state index contributed by atoms with van der Waals surface area (Å²) >= 11 is 3.47. The number of carbonyl (C=O) groups excluding carboxylic acids is 1. The molecule has 0 aliphatic carbocycles. The van der Waals surface area contributed by atoms with E-state index in [1.807, 2.05) is 30.3 Å². The van der Waals surface area contributed by atoms with Crippen molar-refractivity contribution in [3.8, 4) is 5.75 Å². The fraction of sp³-hybridized carbons (Fsp3) is 0. The number of para-hydroxylation sites is 2. The molecule has 2 aromatic carbocycles. The second kappa shape index (κ2) is 6.53. The second-order valence-electron chi connectivity index (χ2n) is 4.49. The molecule has 0 spiro atoms. The summed E-state index contributed by atoms with van der Waals surface area (Å²) < 4.78 is 1.01. The first-order valence-electron chi connectivity index (χ1n) is 6.45. The molecule has 0 unspecified atom stereocenters. The number of thioether (sulfide) groups is 1. The van der Waals surface area contributed by atoms with Gasteiger partial charge in [0.25, 0.3) is 5.91 Å². The standard InChI is InChI=1S/C16H11IN2O2S/c17-11-6-2-3-7-12(11)18-16-19-15(21)14(22-16)9-10-5-1-4-8-13(10)20/h1-9,20H,(H,18,19,21)/b14-9+. The number of nitrogens with one attached hydrogen (secondary N) is 1. The number of aliphatic imine (C=N–C) groups is 1. The SMILES string of the molecule is O=C1NC(=Nc2ccccc2I)S/C1=C/c1ccccc1O. The molecule has 110 valence electrons. The van der Waals surface area contributed by atoms with E-state index in [4.69, 9.17) is 0 Å². The third-order valence-corrected chi connectivity index (χ3v) is 4.77. The summed E-state index contributed by atoms with van der Waals surface area (Å²) in [6, 6.07) is 14.6. The van der Waals surface area contributed by atoms with Gasteiger partial charge < -0.3 is 10.4 Å². The molecule has 6 heteroatoms. The summed E-state index contributed by atoms with van der Waals surface area (Å²) in [5.41, 5.74) is 1.42. The highest BCUT2D eigenvalue weighted by Crippen LogP contribution is 2.31. The number of aromatic hydroxyl groups is 1. The molecule has 1 fully saturated rings. The second-order valence-corrected chi connectivity index (χ2v) is 6.68. The van der Waals surface area contributed by atoms with Crippen molar-refractivity contribution >= 4 is 57.2 Å². The van der Waals surface area contributed by atoms with Gasteiger partial charge in [0, 0.05) is 9.13 Å². The van der Waals surface area contributed by atoms with Gasteiger partial charge >= 0.3 is 0 Å². The van der Waals surface area contributed by atoms with Crippen molar-refractivity contribution in [2.45, 2.75) is 0 Å². The van der Waals surface area contributed by atoms with E-state index in [1.54, 1.807) is 24.3 Å². The normalized spacial score (nSPS) is 18.0. The van der Waals surface area contributed by atoms with Gasteiger partial charge in [-0.1, -0.05) is 30.3 Å². The number of hydrogen-bond donors (Lipinski definition) is 2. The van der Waals surface area contributed by atoms with E-state index in [2.05, 4.69) is 32.9 Å². The molecule has 1 heterocycles. The third kappa shape index (κ3) is 3.33. The highest BCUT2D eigenvalue weighted by Gasteiger charge is 2.24. The van der Waals surface area contributed by atoms with E-state index < -0.39 is 0 Å². The Bertz CT molecular complexity index is 802. The van der Waals surface area contributed by atoms with E-state index >= 15 is 0 Å². The van der Waals surface area contributed by atoms with Crippen LogP contribution in [0.4, 0.5) is 5.69 Å². The number of hydrogen-bond acceptors (Lipinski definition) is 4. The lowest BCUT2D eigenvalue weighted by Gasteiger charge is -1.99. The molecule has 0 saturated carbocycles. The smallest absolute Gasteiger partial charge is 0.264 e. The fourth-order valence-electron chi connectivity index (χ4n) is 1.88. The Morgan fingerprint density at radius 2 is 1.86 bits per heavy atom. The molecule has 1 aliphatic rings. The van der Waals surface area contributed by atoms with Gasteiger partial charge in [-0.2, -0.15) is 0 Å². The molecule has 0 aromatic heterocycles. The van der Waals surface area contributed by atoms with E-state index in [0.29, 0.717) is 15.6 Å². The Hall–Kier alpha value is -1.80. The summed E-state index contributed by atoms with van der Waals surface area (Å²) in [6.07, 6.45) is 1.66. The molecular formula is C16H11IN2O2S. The van der Waals surface area contributed by atoms with Crippen molar-refractivity contribution in [2.75, 3.05) is 0 Å². The molecule has 1 aliphatic heterocycles. The van der Waals surface area contributed by atoms with Gasteiger partial charge in [0.2, 0.25) is 0 Å². The van der Waals surface area contributed by atoms with E-state index in [9.17, 15) is 9.90 Å². The van der Waals surface area contributed by atoms with Gasteiger partial charge in [0.1, 0.15) is 5.75 Å². The highest BCUT2D eigenvalue weighted by atomic mass is 127. The lowest BCUT2D eigenvalue weighted by atomic mass is 10.2. The van der Waals surface area contributed by atoms with Crippen LogP contribution in [0.25, 0.3) is 6.08 Å². The van der Waals surface area contributed by atoms with Gasteiger partial charge in [0.15, 0.2) is 5.17 Å². The number of nitrogens with zero attached hydrogens (tertiary/aromatic N) is 1. The number of rotatable bonds is 2. The Balaban J connectivity index is 1.88. The molecule has 4 nitrogen and oxygen atoms in total. The van der Waals surface area contributed by atoms with Crippen LogP contribution in [-0.2, 0) is 4.79 Å². The maximum absolute atomic E-state index is 12.0. The average Bonchev–Trinajstić information content (AvgIpc) is 2.84. The van der Waals surface area contributed by atoms with Gasteiger partial charge in [-0.15, -0.1) is 0 Å². The number of phenolic OH excluding ortho intramolecular Hbond substituents is 1. The van der Waals surface area contributed by atoms with E-state index in [1.165, 1.54) is 11.8 Å². The van der Waals surface area contributed by atoms with Gasteiger partial charge in [-0.05, 0) is 58.6 Å². The Morgan fingerprint density at radius 3 is 2.64 bits per heavy atom. The van der Waals surface area contributed by atoms with Gasteiger partial charge in [-0.3, -0.25) is 4.79 Å². The van der Waals surface area contributed by atoms with Crippen LogP contribution >= 0.6 is 34.4 Å². The molecule has 0 radical (unpaired) electrons. The topological polar surface area (TPSA) is 61.7 Å². The molecule has 0 atom stereocenters. The van der Waals surface area contributed by atoms with Crippen LogP contribution in [0.5, 0.6) is 5.75 Å². The Labute approximate surface area is 145 Å². The van der Waals surface area contributed by atoms with Crippen molar-refractivity contribution in [2.24, 2.45) is 4.99 Å². The van der Waals surface area contributed by atoms with Crippen molar-refractivity contribution in [1.29, 1.82) is 0 Å². The summed E-state index contributed by atoms with van der Waals surface area (Å²) in [4.78, 5) is 17.0. The fourth-order valence-corrected chi connectivity index (χ4v) is 3.22. The van der Waals surface area contributed by atoms with Crippen LogP contribution in [-0.4, -0.2) is 16.2 Å². The monoisotopic (exact) mass is 422 g/mol. The van der Waals surface area contributed by atoms with Crippen LogP contribution in [0, 0.1) is 3.57 Å². The molecule has 3 rings (SSSR count). The van der Waals surface area contributed by atoms with Crippen molar-refractivity contribution in [3.05, 3.63) is 62.6 Å². The lowest BCUT2D eigenvalue weighted by Crippen LogP contribution is -2.19.